The zero-order valence-electron chi connectivity index (χ0n) is 12.1. The Morgan fingerprint density at radius 1 is 1.42 bits per heavy atom. The van der Waals surface area contributed by atoms with Crippen molar-refractivity contribution in [2.45, 2.75) is 19.6 Å². The third-order valence-electron chi connectivity index (χ3n) is 3.03. The molecule has 24 heavy (non-hydrogen) atoms. The van der Waals surface area contributed by atoms with Crippen molar-refractivity contribution in [2.24, 2.45) is 0 Å². The van der Waals surface area contributed by atoms with Gasteiger partial charge in [-0.3, -0.25) is 9.36 Å². The number of halogens is 4. The lowest BCUT2D eigenvalue weighted by Gasteiger charge is -2.11. The fraction of sp³-hybridized carbons (Fsp3) is 0.231. The van der Waals surface area contributed by atoms with Crippen LogP contribution in [0.4, 0.5) is 29.1 Å². The predicted octanol–water partition coefficient (Wildman–Crippen LogP) is 2.90. The van der Waals surface area contributed by atoms with Crippen molar-refractivity contribution in [1.82, 2.24) is 9.55 Å². The molecule has 0 aliphatic carbocycles. The number of hydrogen-bond donors (Lipinski definition) is 1. The number of hydrogen-bond acceptors (Lipinski definition) is 4. The van der Waals surface area contributed by atoms with Gasteiger partial charge in [-0.15, -0.1) is 0 Å². The highest BCUT2D eigenvalue weighted by Crippen LogP contribution is 2.31. The number of alkyl halides is 3. The van der Waals surface area contributed by atoms with Crippen LogP contribution in [-0.2, 0) is 17.5 Å². The fourth-order valence-corrected chi connectivity index (χ4v) is 1.88. The molecule has 0 bridgehead atoms. The van der Waals surface area contributed by atoms with Crippen LogP contribution in [0, 0.1) is 22.9 Å². The summed E-state index contributed by atoms with van der Waals surface area (Å²) in [5, 5.41) is 12.6. The van der Waals surface area contributed by atoms with Gasteiger partial charge in [0.1, 0.15) is 18.6 Å². The van der Waals surface area contributed by atoms with E-state index in [0.29, 0.717) is 18.2 Å². The molecule has 1 aromatic carbocycles. The number of aryl methyl sites for hydroxylation is 1. The number of benzene rings is 1. The molecule has 128 valence electrons. The Labute approximate surface area is 132 Å². The standard InChI is InChI=1S/C13H10F4N4O3/c1-7-18-11(21(23)24)5-20(7)6-12(22)19-10-4-8(13(15,16)17)2-3-9(10)14/h2-5H,6H2,1H3,(H,19,22). The number of imidazole rings is 1. The number of aromatic nitrogens is 2. The minimum atomic E-state index is -4.69. The largest absolute Gasteiger partial charge is 0.416 e. The van der Waals surface area contributed by atoms with Gasteiger partial charge in [0, 0.05) is 6.92 Å². The second-order valence-electron chi connectivity index (χ2n) is 4.77. The lowest BCUT2D eigenvalue weighted by atomic mass is 10.2. The van der Waals surface area contributed by atoms with E-state index in [1.54, 1.807) is 0 Å². The number of carbonyl (C=O) groups is 1. The van der Waals surface area contributed by atoms with Gasteiger partial charge in [-0.05, 0) is 28.1 Å². The normalized spacial score (nSPS) is 11.4. The predicted molar refractivity (Wildman–Crippen MR) is 73.7 cm³/mol. The third-order valence-corrected chi connectivity index (χ3v) is 3.03. The molecule has 2 aromatic rings. The molecule has 11 heteroatoms. The van der Waals surface area contributed by atoms with Gasteiger partial charge < -0.3 is 15.4 Å². The molecular formula is C13H10F4N4O3. The summed E-state index contributed by atoms with van der Waals surface area (Å²) in [5.74, 6) is -2.22. The van der Waals surface area contributed by atoms with Crippen molar-refractivity contribution in [2.75, 3.05) is 5.32 Å². The third kappa shape index (κ3) is 3.86. The van der Waals surface area contributed by atoms with Crippen LogP contribution in [-0.4, -0.2) is 20.4 Å². The summed E-state index contributed by atoms with van der Waals surface area (Å²) in [5.41, 5.74) is -1.75. The molecule has 0 aliphatic rings. The van der Waals surface area contributed by atoms with Crippen LogP contribution in [0.25, 0.3) is 0 Å². The maximum absolute atomic E-state index is 13.6. The molecule has 2 rings (SSSR count). The quantitative estimate of drug-likeness (QED) is 0.524. The Kier molecular flexibility index (Phi) is 4.53. The van der Waals surface area contributed by atoms with Crippen LogP contribution in [0.5, 0.6) is 0 Å². The molecule has 0 saturated carbocycles. The van der Waals surface area contributed by atoms with E-state index in [1.165, 1.54) is 6.92 Å². The fourth-order valence-electron chi connectivity index (χ4n) is 1.88. The second kappa shape index (κ2) is 6.26. The van der Waals surface area contributed by atoms with Gasteiger partial charge >= 0.3 is 12.0 Å². The van der Waals surface area contributed by atoms with E-state index in [4.69, 9.17) is 0 Å². The van der Waals surface area contributed by atoms with Gasteiger partial charge in [-0.2, -0.15) is 13.2 Å². The topological polar surface area (TPSA) is 90.1 Å². The molecule has 0 saturated heterocycles. The van der Waals surface area contributed by atoms with Crippen molar-refractivity contribution >= 4 is 17.4 Å². The van der Waals surface area contributed by atoms with E-state index in [2.05, 4.69) is 4.98 Å². The summed E-state index contributed by atoms with van der Waals surface area (Å²) in [4.78, 5) is 25.3. The second-order valence-corrected chi connectivity index (χ2v) is 4.77. The minimum Gasteiger partial charge on any atom is -0.358 e. The number of carbonyl (C=O) groups excluding carboxylic acids is 1. The van der Waals surface area contributed by atoms with Gasteiger partial charge in [0.05, 0.1) is 11.3 Å². The summed E-state index contributed by atoms with van der Waals surface area (Å²) in [6, 6.07) is 1.61. The molecule has 1 aromatic heterocycles. The Hall–Kier alpha value is -2.98. The molecule has 7 nitrogen and oxygen atoms in total. The summed E-state index contributed by atoms with van der Waals surface area (Å²) in [7, 11) is 0. The van der Waals surface area contributed by atoms with Gasteiger partial charge in [0.2, 0.25) is 11.7 Å². The molecule has 1 heterocycles. The Morgan fingerprint density at radius 3 is 2.62 bits per heavy atom. The molecular weight excluding hydrogens is 336 g/mol. The van der Waals surface area contributed by atoms with Crippen molar-refractivity contribution in [1.29, 1.82) is 0 Å². The number of nitrogens with zero attached hydrogens (tertiary/aromatic N) is 3. The summed E-state index contributed by atoms with van der Waals surface area (Å²) >= 11 is 0. The van der Waals surface area contributed by atoms with E-state index in [0.717, 1.165) is 10.8 Å². The first-order valence-electron chi connectivity index (χ1n) is 6.42. The first kappa shape index (κ1) is 17.4. The van der Waals surface area contributed by atoms with E-state index in [9.17, 15) is 32.5 Å². The summed E-state index contributed by atoms with van der Waals surface area (Å²) in [6.45, 7) is 0.938. The Bertz CT molecular complexity index is 801. The lowest BCUT2D eigenvalue weighted by Crippen LogP contribution is -2.20. The molecule has 0 aliphatic heterocycles. The van der Waals surface area contributed by atoms with Crippen LogP contribution in [0.3, 0.4) is 0 Å². The van der Waals surface area contributed by atoms with E-state index < -0.39 is 46.4 Å². The Balaban J connectivity index is 2.17. The van der Waals surface area contributed by atoms with Crippen molar-refractivity contribution in [3.05, 3.63) is 51.7 Å². The van der Waals surface area contributed by atoms with Crippen LogP contribution in [0.15, 0.2) is 24.4 Å². The molecule has 0 unspecified atom stereocenters. The maximum atomic E-state index is 13.6. The van der Waals surface area contributed by atoms with Crippen molar-refractivity contribution in [3.8, 4) is 0 Å². The molecule has 1 N–H and O–H groups in total. The average Bonchev–Trinajstić information content (AvgIpc) is 2.81. The molecule has 0 fully saturated rings. The van der Waals surface area contributed by atoms with E-state index in [1.807, 2.05) is 5.32 Å². The average molecular weight is 346 g/mol. The van der Waals surface area contributed by atoms with Crippen molar-refractivity contribution < 1.29 is 27.3 Å². The van der Waals surface area contributed by atoms with Gasteiger partial charge in [0.15, 0.2) is 0 Å². The number of amides is 1. The highest BCUT2D eigenvalue weighted by Gasteiger charge is 2.31. The highest BCUT2D eigenvalue weighted by molar-refractivity contribution is 5.90. The summed E-state index contributed by atoms with van der Waals surface area (Å²) < 4.78 is 52.5. The minimum absolute atomic E-state index is 0.154. The van der Waals surface area contributed by atoms with Crippen molar-refractivity contribution in [3.63, 3.8) is 0 Å². The van der Waals surface area contributed by atoms with Gasteiger partial charge in [-0.1, -0.05) is 0 Å². The smallest absolute Gasteiger partial charge is 0.358 e. The van der Waals surface area contributed by atoms with Crippen LogP contribution in [0.2, 0.25) is 0 Å². The van der Waals surface area contributed by atoms with E-state index in [-0.39, 0.29) is 5.82 Å². The lowest BCUT2D eigenvalue weighted by molar-refractivity contribution is -0.389. The maximum Gasteiger partial charge on any atom is 0.416 e. The zero-order valence-corrected chi connectivity index (χ0v) is 12.1. The molecule has 1 amide bonds. The van der Waals surface area contributed by atoms with Gasteiger partial charge in [-0.25, -0.2) is 4.39 Å². The van der Waals surface area contributed by atoms with E-state index >= 15 is 0 Å². The summed E-state index contributed by atoms with van der Waals surface area (Å²) in [6.07, 6.45) is -3.69. The van der Waals surface area contributed by atoms with Gasteiger partial charge in [0.25, 0.3) is 0 Å². The first-order chi connectivity index (χ1) is 11.1. The number of nitrogens with one attached hydrogen (secondary N) is 1. The van der Waals surface area contributed by atoms with Crippen LogP contribution in [0.1, 0.15) is 11.4 Å². The highest BCUT2D eigenvalue weighted by atomic mass is 19.4. The molecule has 0 atom stereocenters. The Morgan fingerprint density at radius 2 is 2.08 bits per heavy atom. The molecule has 0 spiro atoms. The number of anilines is 1. The van der Waals surface area contributed by atoms with Crippen LogP contribution < -0.4 is 5.32 Å². The first-order valence-corrected chi connectivity index (χ1v) is 6.42. The SMILES string of the molecule is Cc1nc([N+](=O)[O-])cn1CC(=O)Nc1cc(C(F)(F)F)ccc1F. The number of nitro groups is 1. The number of rotatable bonds is 4. The van der Waals surface area contributed by atoms with Crippen LogP contribution >= 0.6 is 0 Å². The monoisotopic (exact) mass is 346 g/mol. The zero-order chi connectivity index (χ0) is 18.1. The molecule has 0 radical (unpaired) electrons.